The zero-order chi connectivity index (χ0) is 15.9. The first-order valence-electron chi connectivity index (χ1n) is 6.51. The Hall–Kier alpha value is -1.32. The molecule has 0 N–H and O–H groups in total. The normalized spacial score (nSPS) is 10.2. The zero-order valence-electron chi connectivity index (χ0n) is 12.9. The van der Waals surface area contributed by atoms with Crippen molar-refractivity contribution in [2.45, 2.75) is 0 Å². The summed E-state index contributed by atoms with van der Waals surface area (Å²) in [6, 6.07) is 11.7. The van der Waals surface area contributed by atoms with Crippen molar-refractivity contribution in [3.8, 4) is 23.0 Å². The van der Waals surface area contributed by atoms with Gasteiger partial charge in [-0.2, -0.15) is 0 Å². The molecule has 0 bridgehead atoms. The number of methoxy groups -OCH3 is 4. The van der Waals surface area contributed by atoms with Gasteiger partial charge in [0.2, 0.25) is 0 Å². The van der Waals surface area contributed by atoms with E-state index in [1.165, 1.54) is 0 Å². The molecule has 0 aliphatic rings. The first-order valence-corrected chi connectivity index (χ1v) is 12.6. The molecule has 6 heteroatoms. The fourth-order valence-electron chi connectivity index (χ4n) is 1.88. The predicted molar refractivity (Wildman–Crippen MR) is 89.9 cm³/mol. The van der Waals surface area contributed by atoms with Crippen molar-refractivity contribution in [3.05, 3.63) is 36.4 Å². The van der Waals surface area contributed by atoms with Crippen molar-refractivity contribution in [2.24, 2.45) is 0 Å². The summed E-state index contributed by atoms with van der Waals surface area (Å²) in [6.07, 6.45) is 0. The molecule has 2 rings (SSSR count). The second kappa shape index (κ2) is 8.35. The minimum atomic E-state index is 0.187. The van der Waals surface area contributed by atoms with E-state index in [2.05, 4.69) is 0 Å². The molecule has 0 heterocycles. The van der Waals surface area contributed by atoms with Gasteiger partial charge in [-0.25, -0.2) is 0 Å². The standard InChI is InChI=1S/C16H18O4Se2/c1-17-11-7-5-8-12(18-2)15(11)21-22-16-13(19-3)9-6-10-14(16)20-4/h5-10H,1-4H3. The van der Waals surface area contributed by atoms with Gasteiger partial charge in [0, 0.05) is 0 Å². The third-order valence-corrected chi connectivity index (χ3v) is 10.1. The first-order chi connectivity index (χ1) is 10.7. The topological polar surface area (TPSA) is 36.9 Å². The Labute approximate surface area is 142 Å². The van der Waals surface area contributed by atoms with Gasteiger partial charge in [-0.3, -0.25) is 0 Å². The molecule has 0 spiro atoms. The zero-order valence-corrected chi connectivity index (χ0v) is 16.3. The van der Waals surface area contributed by atoms with E-state index < -0.39 is 0 Å². The molecule has 0 saturated carbocycles. The Balaban J connectivity index is 2.31. The third-order valence-electron chi connectivity index (χ3n) is 2.97. The molecule has 4 nitrogen and oxygen atoms in total. The SMILES string of the molecule is COc1cccc(OC)c1[Se][Se]c1c(OC)cccc1OC. The van der Waals surface area contributed by atoms with Gasteiger partial charge in [0.1, 0.15) is 0 Å². The van der Waals surface area contributed by atoms with E-state index in [0.29, 0.717) is 0 Å². The molecule has 0 unspecified atom stereocenters. The molecule has 0 aliphatic heterocycles. The van der Waals surface area contributed by atoms with Crippen LogP contribution in [0.3, 0.4) is 0 Å². The van der Waals surface area contributed by atoms with Crippen molar-refractivity contribution in [2.75, 3.05) is 28.4 Å². The summed E-state index contributed by atoms with van der Waals surface area (Å²) in [6.45, 7) is 0. The minimum absolute atomic E-state index is 0.187. The van der Waals surface area contributed by atoms with Crippen LogP contribution in [0.25, 0.3) is 0 Å². The van der Waals surface area contributed by atoms with E-state index in [0.717, 1.165) is 31.9 Å². The van der Waals surface area contributed by atoms with Gasteiger partial charge in [0.15, 0.2) is 0 Å². The van der Waals surface area contributed by atoms with E-state index >= 15 is 0 Å². The molecular formula is C16H18O4Se2. The van der Waals surface area contributed by atoms with Gasteiger partial charge in [-0.15, -0.1) is 0 Å². The Morgan fingerprint density at radius 2 is 0.818 bits per heavy atom. The van der Waals surface area contributed by atoms with Crippen LogP contribution in [0.5, 0.6) is 23.0 Å². The van der Waals surface area contributed by atoms with E-state index in [9.17, 15) is 0 Å². The molecule has 0 amide bonds. The van der Waals surface area contributed by atoms with Crippen LogP contribution in [-0.2, 0) is 0 Å². The molecule has 0 atom stereocenters. The fraction of sp³-hybridized carbons (Fsp3) is 0.250. The first kappa shape index (κ1) is 17.0. The predicted octanol–water partition coefficient (Wildman–Crippen LogP) is 0.995. The van der Waals surface area contributed by atoms with E-state index in [-0.39, 0.29) is 26.3 Å². The summed E-state index contributed by atoms with van der Waals surface area (Å²) in [5.74, 6) is 3.48. The monoisotopic (exact) mass is 434 g/mol. The summed E-state index contributed by atoms with van der Waals surface area (Å²) < 4.78 is 24.2. The van der Waals surface area contributed by atoms with E-state index in [1.807, 2.05) is 36.4 Å². The van der Waals surface area contributed by atoms with Gasteiger partial charge in [0.25, 0.3) is 0 Å². The number of benzene rings is 2. The Morgan fingerprint density at radius 1 is 0.545 bits per heavy atom. The number of hydrogen-bond acceptors (Lipinski definition) is 4. The van der Waals surface area contributed by atoms with Gasteiger partial charge < -0.3 is 0 Å². The van der Waals surface area contributed by atoms with Crippen LogP contribution < -0.4 is 27.9 Å². The quantitative estimate of drug-likeness (QED) is 0.612. The average molecular weight is 432 g/mol. The Morgan fingerprint density at radius 3 is 1.05 bits per heavy atom. The third kappa shape index (κ3) is 3.71. The van der Waals surface area contributed by atoms with Crippen LogP contribution in [0.2, 0.25) is 0 Å². The molecule has 2 aromatic rings. The molecule has 2 aromatic carbocycles. The second-order valence-corrected chi connectivity index (χ2v) is 10.2. The average Bonchev–Trinajstić information content (AvgIpc) is 2.58. The van der Waals surface area contributed by atoms with Crippen molar-refractivity contribution < 1.29 is 18.9 Å². The number of hydrogen-bond donors (Lipinski definition) is 0. The van der Waals surface area contributed by atoms with Gasteiger partial charge in [-0.1, -0.05) is 0 Å². The number of rotatable bonds is 7. The van der Waals surface area contributed by atoms with E-state index in [1.54, 1.807) is 28.4 Å². The van der Waals surface area contributed by atoms with E-state index in [4.69, 9.17) is 18.9 Å². The van der Waals surface area contributed by atoms with Crippen molar-refractivity contribution >= 4 is 35.2 Å². The van der Waals surface area contributed by atoms with Crippen LogP contribution >= 0.6 is 0 Å². The van der Waals surface area contributed by atoms with Crippen LogP contribution in [0, 0.1) is 0 Å². The molecular weight excluding hydrogens is 414 g/mol. The summed E-state index contributed by atoms with van der Waals surface area (Å²) in [5.41, 5.74) is 0. The maximum atomic E-state index is 5.47. The Bertz CT molecular complexity index is 532. The Kier molecular flexibility index (Phi) is 6.47. The molecule has 0 radical (unpaired) electrons. The fourth-order valence-corrected chi connectivity index (χ4v) is 9.59. The summed E-state index contributed by atoms with van der Waals surface area (Å²) in [7, 11) is 6.74. The van der Waals surface area contributed by atoms with Crippen LogP contribution in [0.15, 0.2) is 36.4 Å². The van der Waals surface area contributed by atoms with Crippen molar-refractivity contribution in [3.63, 3.8) is 0 Å². The molecule has 22 heavy (non-hydrogen) atoms. The summed E-state index contributed by atoms with van der Waals surface area (Å²) in [4.78, 5) is 0. The van der Waals surface area contributed by atoms with Crippen LogP contribution in [0.1, 0.15) is 0 Å². The van der Waals surface area contributed by atoms with Crippen LogP contribution in [-0.4, -0.2) is 54.7 Å². The summed E-state index contributed by atoms with van der Waals surface area (Å²) >= 11 is 0.375. The van der Waals surface area contributed by atoms with Gasteiger partial charge >= 0.3 is 142 Å². The van der Waals surface area contributed by atoms with Gasteiger partial charge in [-0.05, 0) is 0 Å². The maximum absolute atomic E-state index is 5.47. The number of ether oxygens (including phenoxy) is 4. The van der Waals surface area contributed by atoms with Crippen LogP contribution in [0.4, 0.5) is 0 Å². The second-order valence-electron chi connectivity index (χ2n) is 4.15. The summed E-state index contributed by atoms with van der Waals surface area (Å²) in [5, 5.41) is 0. The molecule has 0 saturated heterocycles. The van der Waals surface area contributed by atoms with Gasteiger partial charge in [0.05, 0.1) is 0 Å². The molecule has 118 valence electrons. The van der Waals surface area contributed by atoms with Crippen molar-refractivity contribution in [1.82, 2.24) is 0 Å². The molecule has 0 aliphatic carbocycles. The van der Waals surface area contributed by atoms with Crippen molar-refractivity contribution in [1.29, 1.82) is 0 Å². The molecule has 0 fully saturated rings. The molecule has 0 aromatic heterocycles.